The zero-order chi connectivity index (χ0) is 11.9. The highest BCUT2D eigenvalue weighted by atomic mass is 15.1. The third-order valence-corrected chi connectivity index (χ3v) is 3.09. The fraction of sp³-hybridized carbons (Fsp3) is 0.467. The first kappa shape index (κ1) is 12.0. The summed E-state index contributed by atoms with van der Waals surface area (Å²) in [4.78, 5) is 2.47. The van der Waals surface area contributed by atoms with Gasteiger partial charge in [0.15, 0.2) is 0 Å². The molecule has 2 heteroatoms. The van der Waals surface area contributed by atoms with Crippen molar-refractivity contribution < 1.29 is 0 Å². The number of nitrogens with one attached hydrogen (secondary N) is 1. The highest BCUT2D eigenvalue weighted by Crippen LogP contribution is 2.23. The number of nitrogens with zero attached hydrogens (tertiary/aromatic N) is 1. The predicted octanol–water partition coefficient (Wildman–Crippen LogP) is 2.25. The summed E-state index contributed by atoms with van der Waals surface area (Å²) in [6.45, 7) is 3.09. The number of hydrogen-bond acceptors (Lipinski definition) is 2. The lowest BCUT2D eigenvalue weighted by atomic mass is 10.1. The Morgan fingerprint density at radius 3 is 2.71 bits per heavy atom. The molecule has 0 spiro atoms. The van der Waals surface area contributed by atoms with Gasteiger partial charge in [-0.15, -0.1) is 0 Å². The number of rotatable bonds is 2. The lowest BCUT2D eigenvalue weighted by Crippen LogP contribution is -2.29. The molecular weight excluding hydrogens is 208 g/mol. The maximum Gasteiger partial charge on any atom is 0.0577 e. The molecule has 1 N–H and O–H groups in total. The lowest BCUT2D eigenvalue weighted by Gasteiger charge is -2.29. The van der Waals surface area contributed by atoms with Crippen molar-refractivity contribution in [1.29, 1.82) is 0 Å². The van der Waals surface area contributed by atoms with Gasteiger partial charge in [0.1, 0.15) is 0 Å². The van der Waals surface area contributed by atoms with Crippen molar-refractivity contribution in [2.24, 2.45) is 0 Å². The fourth-order valence-electron chi connectivity index (χ4n) is 2.22. The molecule has 0 saturated carbocycles. The molecule has 2 nitrogen and oxygen atoms in total. The van der Waals surface area contributed by atoms with Gasteiger partial charge in [0.05, 0.1) is 12.2 Å². The molecule has 17 heavy (non-hydrogen) atoms. The summed E-state index contributed by atoms with van der Waals surface area (Å²) in [7, 11) is 1.92. The normalized spacial score (nSPS) is 15.2. The Balaban J connectivity index is 2.18. The first-order chi connectivity index (χ1) is 8.42. The van der Waals surface area contributed by atoms with E-state index in [9.17, 15) is 0 Å². The second kappa shape index (κ2) is 6.32. The van der Waals surface area contributed by atoms with Gasteiger partial charge in [0.2, 0.25) is 0 Å². The first-order valence-electron chi connectivity index (χ1n) is 6.39. The number of hydrogen-bond donors (Lipinski definition) is 1. The fourth-order valence-corrected chi connectivity index (χ4v) is 2.22. The predicted molar refractivity (Wildman–Crippen MR) is 73.3 cm³/mol. The summed E-state index contributed by atoms with van der Waals surface area (Å²) < 4.78 is 0. The van der Waals surface area contributed by atoms with Crippen molar-refractivity contribution in [2.75, 3.05) is 31.6 Å². The van der Waals surface area contributed by atoms with Crippen LogP contribution in [0.3, 0.4) is 0 Å². The van der Waals surface area contributed by atoms with E-state index in [4.69, 9.17) is 0 Å². The van der Waals surface area contributed by atoms with Gasteiger partial charge in [-0.25, -0.2) is 0 Å². The van der Waals surface area contributed by atoms with Crippen LogP contribution in [-0.4, -0.2) is 26.7 Å². The SMILES string of the molecule is CNCC#Cc1ccccc1N1CCCCC1. The lowest BCUT2D eigenvalue weighted by molar-refractivity contribution is 0.577. The number of benzene rings is 1. The van der Waals surface area contributed by atoms with Crippen molar-refractivity contribution in [1.82, 2.24) is 5.32 Å². The van der Waals surface area contributed by atoms with Crippen molar-refractivity contribution in [2.45, 2.75) is 19.3 Å². The summed E-state index contributed by atoms with van der Waals surface area (Å²) >= 11 is 0. The van der Waals surface area contributed by atoms with Crippen LogP contribution in [0, 0.1) is 11.8 Å². The molecule has 0 unspecified atom stereocenters. The van der Waals surface area contributed by atoms with Crippen LogP contribution in [-0.2, 0) is 0 Å². The molecule has 1 heterocycles. The molecule has 1 aliphatic rings. The van der Waals surface area contributed by atoms with E-state index in [0.717, 1.165) is 12.1 Å². The highest BCUT2D eigenvalue weighted by molar-refractivity contribution is 5.60. The summed E-state index contributed by atoms with van der Waals surface area (Å²) in [5.41, 5.74) is 2.46. The van der Waals surface area contributed by atoms with Crippen molar-refractivity contribution >= 4 is 5.69 Å². The van der Waals surface area contributed by atoms with Gasteiger partial charge >= 0.3 is 0 Å². The molecule has 1 fully saturated rings. The van der Waals surface area contributed by atoms with Crippen LogP contribution < -0.4 is 10.2 Å². The van der Waals surface area contributed by atoms with E-state index in [1.54, 1.807) is 0 Å². The number of para-hydroxylation sites is 1. The van der Waals surface area contributed by atoms with E-state index < -0.39 is 0 Å². The standard InChI is InChI=1S/C15H20N2/c1-16-11-7-9-14-8-3-4-10-15(14)17-12-5-2-6-13-17/h3-4,8,10,16H,2,5-6,11-13H2,1H3. The van der Waals surface area contributed by atoms with Crippen LogP contribution in [0.1, 0.15) is 24.8 Å². The smallest absolute Gasteiger partial charge is 0.0577 e. The molecule has 1 aromatic carbocycles. The Morgan fingerprint density at radius 2 is 1.94 bits per heavy atom. The van der Waals surface area contributed by atoms with Crippen LogP contribution in [0.4, 0.5) is 5.69 Å². The Morgan fingerprint density at radius 1 is 1.18 bits per heavy atom. The Labute approximate surface area is 104 Å². The molecular formula is C15H20N2. The van der Waals surface area contributed by atoms with E-state index in [2.05, 4.69) is 46.3 Å². The monoisotopic (exact) mass is 228 g/mol. The number of anilines is 1. The van der Waals surface area contributed by atoms with Crippen LogP contribution >= 0.6 is 0 Å². The maximum atomic E-state index is 3.26. The van der Waals surface area contributed by atoms with Gasteiger partial charge in [-0.3, -0.25) is 0 Å². The Hall–Kier alpha value is -1.46. The van der Waals surface area contributed by atoms with E-state index in [-0.39, 0.29) is 0 Å². The molecule has 1 aromatic rings. The van der Waals surface area contributed by atoms with E-state index in [1.807, 2.05) is 7.05 Å². The number of piperidine rings is 1. The van der Waals surface area contributed by atoms with Crippen LogP contribution in [0.15, 0.2) is 24.3 Å². The second-order valence-corrected chi connectivity index (χ2v) is 4.40. The van der Waals surface area contributed by atoms with E-state index in [0.29, 0.717) is 0 Å². The van der Waals surface area contributed by atoms with Gasteiger partial charge < -0.3 is 10.2 Å². The molecule has 0 amide bonds. The van der Waals surface area contributed by atoms with Crippen LogP contribution in [0.2, 0.25) is 0 Å². The van der Waals surface area contributed by atoms with Gasteiger partial charge in [0, 0.05) is 18.7 Å². The van der Waals surface area contributed by atoms with Crippen LogP contribution in [0.25, 0.3) is 0 Å². The molecule has 1 saturated heterocycles. The molecule has 0 bridgehead atoms. The first-order valence-corrected chi connectivity index (χ1v) is 6.39. The molecule has 0 radical (unpaired) electrons. The molecule has 1 aliphatic heterocycles. The van der Waals surface area contributed by atoms with Crippen molar-refractivity contribution in [3.8, 4) is 11.8 Å². The zero-order valence-corrected chi connectivity index (χ0v) is 10.5. The molecule has 90 valence electrons. The topological polar surface area (TPSA) is 15.3 Å². The third kappa shape index (κ3) is 3.25. The van der Waals surface area contributed by atoms with Crippen LogP contribution in [0.5, 0.6) is 0 Å². The molecule has 0 aromatic heterocycles. The summed E-state index contributed by atoms with van der Waals surface area (Å²) in [5.74, 6) is 6.40. The van der Waals surface area contributed by atoms with Gasteiger partial charge in [-0.2, -0.15) is 0 Å². The largest absolute Gasteiger partial charge is 0.371 e. The molecule has 0 atom stereocenters. The van der Waals surface area contributed by atoms with Gasteiger partial charge in [-0.05, 0) is 38.4 Å². The quantitative estimate of drug-likeness (QED) is 0.781. The minimum atomic E-state index is 0.744. The summed E-state index contributed by atoms with van der Waals surface area (Å²) in [5, 5.41) is 3.05. The molecule has 0 aliphatic carbocycles. The minimum Gasteiger partial charge on any atom is -0.371 e. The average Bonchev–Trinajstić information content (AvgIpc) is 2.41. The second-order valence-electron chi connectivity index (χ2n) is 4.40. The van der Waals surface area contributed by atoms with Crippen molar-refractivity contribution in [3.63, 3.8) is 0 Å². The minimum absolute atomic E-state index is 0.744. The maximum absolute atomic E-state index is 3.26. The molecule has 2 rings (SSSR count). The Kier molecular flexibility index (Phi) is 4.46. The highest BCUT2D eigenvalue weighted by Gasteiger charge is 2.12. The van der Waals surface area contributed by atoms with Gasteiger partial charge in [0.25, 0.3) is 0 Å². The van der Waals surface area contributed by atoms with E-state index >= 15 is 0 Å². The summed E-state index contributed by atoms with van der Waals surface area (Å²) in [6, 6.07) is 8.48. The van der Waals surface area contributed by atoms with Crippen molar-refractivity contribution in [3.05, 3.63) is 29.8 Å². The Bertz CT molecular complexity index is 408. The van der Waals surface area contributed by atoms with Gasteiger partial charge in [-0.1, -0.05) is 24.0 Å². The summed E-state index contributed by atoms with van der Waals surface area (Å²) in [6.07, 6.45) is 3.97. The van der Waals surface area contributed by atoms with E-state index in [1.165, 1.54) is 38.0 Å². The third-order valence-electron chi connectivity index (χ3n) is 3.09. The zero-order valence-electron chi connectivity index (χ0n) is 10.5. The average molecular weight is 228 g/mol.